The van der Waals surface area contributed by atoms with Crippen molar-refractivity contribution < 1.29 is 4.74 Å². The maximum Gasteiger partial charge on any atom is 0.0474 e. The number of ether oxygens (including phenoxy) is 1. The number of hydrogen-bond acceptors (Lipinski definition) is 4. The van der Waals surface area contributed by atoms with E-state index in [1.165, 1.54) is 9.75 Å². The van der Waals surface area contributed by atoms with E-state index in [9.17, 15) is 0 Å². The fraction of sp³-hybridized carbons (Fsp3) is 0.733. The normalized spacial score (nSPS) is 12.3. The van der Waals surface area contributed by atoms with E-state index in [4.69, 9.17) is 4.74 Å². The van der Waals surface area contributed by atoms with E-state index in [-0.39, 0.29) is 5.54 Å². The second-order valence-electron chi connectivity index (χ2n) is 6.06. The Labute approximate surface area is 122 Å². The standard InChI is InChI=1S/C15H28N2OS/c1-15(2,3)16-11-13-7-8-14(19-13)12-17(4)9-6-10-18-5/h7-8,16H,6,9-12H2,1-5H3. The van der Waals surface area contributed by atoms with Crippen LogP contribution in [0.15, 0.2) is 12.1 Å². The first-order chi connectivity index (χ1) is 8.90. The van der Waals surface area contributed by atoms with Crippen LogP contribution in [0.4, 0.5) is 0 Å². The lowest BCUT2D eigenvalue weighted by molar-refractivity contribution is 0.178. The van der Waals surface area contributed by atoms with Crippen LogP contribution in [0.2, 0.25) is 0 Å². The Morgan fingerprint density at radius 1 is 1.26 bits per heavy atom. The summed E-state index contributed by atoms with van der Waals surface area (Å²) in [4.78, 5) is 5.20. The maximum absolute atomic E-state index is 5.08. The largest absolute Gasteiger partial charge is 0.385 e. The van der Waals surface area contributed by atoms with Crippen LogP contribution in [-0.4, -0.2) is 37.7 Å². The minimum absolute atomic E-state index is 0.182. The molecule has 0 aliphatic carbocycles. The Balaban J connectivity index is 2.33. The molecule has 0 spiro atoms. The minimum atomic E-state index is 0.182. The van der Waals surface area contributed by atoms with Gasteiger partial charge in [-0.3, -0.25) is 0 Å². The molecule has 0 radical (unpaired) electrons. The van der Waals surface area contributed by atoms with Gasteiger partial charge in [0.25, 0.3) is 0 Å². The van der Waals surface area contributed by atoms with Crippen molar-refractivity contribution in [2.24, 2.45) is 0 Å². The quantitative estimate of drug-likeness (QED) is 0.742. The number of methoxy groups -OCH3 is 1. The Kier molecular flexibility index (Phi) is 7.00. The van der Waals surface area contributed by atoms with Gasteiger partial charge < -0.3 is 15.0 Å². The van der Waals surface area contributed by atoms with E-state index < -0.39 is 0 Å². The number of thiophene rings is 1. The first-order valence-corrected chi connectivity index (χ1v) is 7.72. The predicted molar refractivity (Wildman–Crippen MR) is 83.7 cm³/mol. The van der Waals surface area contributed by atoms with E-state index >= 15 is 0 Å². The van der Waals surface area contributed by atoms with Crippen molar-refractivity contribution in [2.45, 2.75) is 45.8 Å². The van der Waals surface area contributed by atoms with Gasteiger partial charge in [0.15, 0.2) is 0 Å². The zero-order valence-electron chi connectivity index (χ0n) is 13.0. The molecule has 1 N–H and O–H groups in total. The molecule has 0 aliphatic heterocycles. The van der Waals surface area contributed by atoms with Crippen LogP contribution < -0.4 is 5.32 Å². The molecule has 0 saturated heterocycles. The summed E-state index contributed by atoms with van der Waals surface area (Å²) in [6.45, 7) is 10.5. The third-order valence-electron chi connectivity index (χ3n) is 2.82. The van der Waals surface area contributed by atoms with Gasteiger partial charge in [-0.25, -0.2) is 0 Å². The molecule has 0 saturated carbocycles. The van der Waals surface area contributed by atoms with E-state index in [0.29, 0.717) is 0 Å². The van der Waals surface area contributed by atoms with Gasteiger partial charge in [-0.1, -0.05) is 0 Å². The summed E-state index contributed by atoms with van der Waals surface area (Å²) >= 11 is 1.91. The molecule has 1 aromatic rings. The van der Waals surface area contributed by atoms with Gasteiger partial charge in [-0.05, 0) is 46.4 Å². The number of hydrogen-bond donors (Lipinski definition) is 1. The van der Waals surface area contributed by atoms with Crippen LogP contribution in [0.1, 0.15) is 36.9 Å². The fourth-order valence-corrected chi connectivity index (χ4v) is 2.82. The van der Waals surface area contributed by atoms with Crippen molar-refractivity contribution in [1.82, 2.24) is 10.2 Å². The third kappa shape index (κ3) is 7.67. The molecule has 3 nitrogen and oxygen atoms in total. The van der Waals surface area contributed by atoms with Crippen molar-refractivity contribution in [3.05, 3.63) is 21.9 Å². The van der Waals surface area contributed by atoms with Crippen LogP contribution in [0.5, 0.6) is 0 Å². The van der Waals surface area contributed by atoms with Crippen LogP contribution in [0, 0.1) is 0 Å². The summed E-state index contributed by atoms with van der Waals surface area (Å²) < 4.78 is 5.08. The molecule has 1 rings (SSSR count). The summed E-state index contributed by atoms with van der Waals surface area (Å²) in [7, 11) is 3.93. The van der Waals surface area contributed by atoms with Crippen LogP contribution in [0.3, 0.4) is 0 Å². The van der Waals surface area contributed by atoms with Crippen molar-refractivity contribution in [3.8, 4) is 0 Å². The van der Waals surface area contributed by atoms with E-state index in [1.54, 1.807) is 7.11 Å². The average molecular weight is 284 g/mol. The van der Waals surface area contributed by atoms with Crippen LogP contribution >= 0.6 is 11.3 Å². The van der Waals surface area contributed by atoms with Crippen molar-refractivity contribution in [2.75, 3.05) is 27.3 Å². The molecule has 0 bridgehead atoms. The molecule has 1 heterocycles. The van der Waals surface area contributed by atoms with E-state index in [2.05, 4.69) is 50.2 Å². The summed E-state index contributed by atoms with van der Waals surface area (Å²) in [6, 6.07) is 4.49. The van der Waals surface area contributed by atoms with E-state index in [1.807, 2.05) is 11.3 Å². The van der Waals surface area contributed by atoms with Gasteiger partial charge >= 0.3 is 0 Å². The van der Waals surface area contributed by atoms with Gasteiger partial charge in [-0.2, -0.15) is 0 Å². The minimum Gasteiger partial charge on any atom is -0.385 e. The molecular formula is C15H28N2OS. The highest BCUT2D eigenvalue weighted by Gasteiger charge is 2.10. The molecule has 0 aromatic carbocycles. The molecule has 4 heteroatoms. The number of nitrogens with zero attached hydrogens (tertiary/aromatic N) is 1. The van der Waals surface area contributed by atoms with Crippen molar-refractivity contribution >= 4 is 11.3 Å². The molecule has 0 amide bonds. The lowest BCUT2D eigenvalue weighted by atomic mass is 10.1. The highest BCUT2D eigenvalue weighted by molar-refractivity contribution is 7.11. The fourth-order valence-electron chi connectivity index (χ4n) is 1.78. The van der Waals surface area contributed by atoms with Gasteiger partial charge in [0.05, 0.1) is 0 Å². The SMILES string of the molecule is COCCCN(C)Cc1ccc(CNC(C)(C)C)s1. The molecule has 0 fully saturated rings. The molecule has 0 aliphatic rings. The van der Waals surface area contributed by atoms with Gasteiger partial charge in [0, 0.05) is 48.6 Å². The smallest absolute Gasteiger partial charge is 0.0474 e. The Morgan fingerprint density at radius 3 is 2.58 bits per heavy atom. The number of nitrogens with one attached hydrogen (secondary N) is 1. The maximum atomic E-state index is 5.08. The lowest BCUT2D eigenvalue weighted by Gasteiger charge is -2.19. The molecule has 0 unspecified atom stereocenters. The lowest BCUT2D eigenvalue weighted by Crippen LogP contribution is -2.34. The summed E-state index contributed by atoms with van der Waals surface area (Å²) in [5, 5.41) is 3.53. The zero-order chi connectivity index (χ0) is 14.3. The number of rotatable bonds is 8. The monoisotopic (exact) mass is 284 g/mol. The summed E-state index contributed by atoms with van der Waals surface area (Å²) in [6.07, 6.45) is 1.09. The van der Waals surface area contributed by atoms with Crippen LogP contribution in [0.25, 0.3) is 0 Å². The third-order valence-corrected chi connectivity index (χ3v) is 3.89. The molecule has 19 heavy (non-hydrogen) atoms. The molecule has 1 aromatic heterocycles. The first kappa shape index (κ1) is 16.6. The molecular weight excluding hydrogens is 256 g/mol. The zero-order valence-corrected chi connectivity index (χ0v) is 13.8. The topological polar surface area (TPSA) is 24.5 Å². The highest BCUT2D eigenvalue weighted by Crippen LogP contribution is 2.18. The van der Waals surface area contributed by atoms with Crippen molar-refractivity contribution in [1.29, 1.82) is 0 Å². The molecule has 110 valence electrons. The summed E-state index contributed by atoms with van der Waals surface area (Å²) in [5.41, 5.74) is 0.182. The second kappa shape index (κ2) is 8.00. The Hall–Kier alpha value is -0.420. The predicted octanol–water partition coefficient (Wildman–Crippen LogP) is 3.10. The van der Waals surface area contributed by atoms with Gasteiger partial charge in [0.1, 0.15) is 0 Å². The van der Waals surface area contributed by atoms with Gasteiger partial charge in [0.2, 0.25) is 0 Å². The summed E-state index contributed by atoms with van der Waals surface area (Å²) in [5.74, 6) is 0. The molecule has 0 atom stereocenters. The highest BCUT2D eigenvalue weighted by atomic mass is 32.1. The average Bonchev–Trinajstić information content (AvgIpc) is 2.73. The van der Waals surface area contributed by atoms with E-state index in [0.717, 1.165) is 32.7 Å². The Bertz CT molecular complexity index is 357. The Morgan fingerprint density at radius 2 is 1.95 bits per heavy atom. The first-order valence-electron chi connectivity index (χ1n) is 6.91. The van der Waals surface area contributed by atoms with Gasteiger partial charge in [-0.15, -0.1) is 11.3 Å². The van der Waals surface area contributed by atoms with Crippen LogP contribution in [-0.2, 0) is 17.8 Å². The second-order valence-corrected chi connectivity index (χ2v) is 7.31. The van der Waals surface area contributed by atoms with Crippen molar-refractivity contribution in [3.63, 3.8) is 0 Å².